The molecule has 1 aromatic rings. The van der Waals surface area contributed by atoms with Crippen LogP contribution in [0.2, 0.25) is 0 Å². The summed E-state index contributed by atoms with van der Waals surface area (Å²) < 4.78 is 0. The number of hydrogen-bond acceptors (Lipinski definition) is 3. The van der Waals surface area contributed by atoms with E-state index in [-0.39, 0.29) is 0 Å². The van der Waals surface area contributed by atoms with Gasteiger partial charge in [-0.2, -0.15) is 0 Å². The molecule has 2 atom stereocenters. The van der Waals surface area contributed by atoms with E-state index in [4.69, 9.17) is 0 Å². The number of carbonyl (C=O) groups excluding carboxylic acids is 1. The van der Waals surface area contributed by atoms with Crippen LogP contribution in [0.1, 0.15) is 55.6 Å². The van der Waals surface area contributed by atoms with Crippen LogP contribution < -0.4 is 0 Å². The Bertz CT molecular complexity index is 374. The van der Waals surface area contributed by atoms with E-state index in [0.717, 1.165) is 23.9 Å². The highest BCUT2D eigenvalue weighted by atomic mass is 32.1. The summed E-state index contributed by atoms with van der Waals surface area (Å²) in [6.07, 6.45) is 5.58. The zero-order chi connectivity index (χ0) is 13.0. The maximum absolute atomic E-state index is 11.9. The van der Waals surface area contributed by atoms with E-state index in [9.17, 15) is 4.79 Å². The molecule has 2 rings (SSSR count). The minimum Gasteiger partial charge on any atom is -0.298 e. The number of ketones is 1. The molecule has 2 unspecified atom stereocenters. The molecule has 2 heterocycles. The normalized spacial score (nSPS) is 24.6. The van der Waals surface area contributed by atoms with Crippen LogP contribution in [0.3, 0.4) is 0 Å². The quantitative estimate of drug-likeness (QED) is 0.725. The molecule has 0 radical (unpaired) electrons. The van der Waals surface area contributed by atoms with Gasteiger partial charge in [0, 0.05) is 18.5 Å². The first-order chi connectivity index (χ1) is 8.72. The Kier molecular flexibility index (Phi) is 4.95. The lowest BCUT2D eigenvalue weighted by Crippen LogP contribution is -2.35. The van der Waals surface area contributed by atoms with Crippen LogP contribution in [-0.2, 0) is 0 Å². The molecule has 0 aliphatic carbocycles. The first-order valence-corrected chi connectivity index (χ1v) is 7.92. The second kappa shape index (κ2) is 6.48. The first-order valence-electron chi connectivity index (χ1n) is 7.04. The van der Waals surface area contributed by atoms with Crippen LogP contribution in [0.25, 0.3) is 0 Å². The van der Waals surface area contributed by atoms with Crippen molar-refractivity contribution in [3.8, 4) is 0 Å². The smallest absolute Gasteiger partial charge is 0.172 e. The van der Waals surface area contributed by atoms with E-state index in [1.54, 1.807) is 11.3 Å². The molecule has 1 fully saturated rings. The summed E-state index contributed by atoms with van der Waals surface area (Å²) >= 11 is 1.56. The standard InChI is InChI=1S/C15H23NOS/c1-3-13-9-8-12(2)16(13)10-4-6-14(17)15-7-5-11-18-15/h5,7,11-13H,3-4,6,8-10H2,1-2H3. The molecule has 1 aliphatic heterocycles. The zero-order valence-electron chi connectivity index (χ0n) is 11.4. The van der Waals surface area contributed by atoms with Gasteiger partial charge >= 0.3 is 0 Å². The van der Waals surface area contributed by atoms with Crippen LogP contribution in [0, 0.1) is 0 Å². The van der Waals surface area contributed by atoms with Gasteiger partial charge < -0.3 is 0 Å². The van der Waals surface area contributed by atoms with E-state index in [0.29, 0.717) is 18.2 Å². The van der Waals surface area contributed by atoms with Gasteiger partial charge in [-0.3, -0.25) is 9.69 Å². The monoisotopic (exact) mass is 265 g/mol. The van der Waals surface area contributed by atoms with Gasteiger partial charge in [-0.05, 0) is 50.6 Å². The lowest BCUT2D eigenvalue weighted by Gasteiger charge is -2.27. The Balaban J connectivity index is 1.76. The predicted octanol–water partition coefficient (Wildman–Crippen LogP) is 3.97. The lowest BCUT2D eigenvalue weighted by molar-refractivity contribution is 0.0973. The molecular weight excluding hydrogens is 242 g/mol. The zero-order valence-corrected chi connectivity index (χ0v) is 12.2. The van der Waals surface area contributed by atoms with Crippen molar-refractivity contribution < 1.29 is 4.79 Å². The molecule has 3 heteroatoms. The first kappa shape index (κ1) is 13.8. The fourth-order valence-corrected chi connectivity index (χ4v) is 3.64. The fourth-order valence-electron chi connectivity index (χ4n) is 2.95. The highest BCUT2D eigenvalue weighted by Crippen LogP contribution is 2.26. The maximum atomic E-state index is 11.9. The van der Waals surface area contributed by atoms with Crippen molar-refractivity contribution in [2.75, 3.05) is 6.54 Å². The molecule has 18 heavy (non-hydrogen) atoms. The summed E-state index contributed by atoms with van der Waals surface area (Å²) in [7, 11) is 0. The summed E-state index contributed by atoms with van der Waals surface area (Å²) in [4.78, 5) is 15.4. The number of hydrogen-bond donors (Lipinski definition) is 0. The highest BCUT2D eigenvalue weighted by Gasteiger charge is 2.28. The van der Waals surface area contributed by atoms with Crippen molar-refractivity contribution in [2.45, 2.75) is 58.0 Å². The van der Waals surface area contributed by atoms with Crippen LogP contribution in [0.5, 0.6) is 0 Å². The van der Waals surface area contributed by atoms with Crippen molar-refractivity contribution in [3.05, 3.63) is 22.4 Å². The van der Waals surface area contributed by atoms with E-state index in [2.05, 4.69) is 18.7 Å². The van der Waals surface area contributed by atoms with Gasteiger partial charge in [-0.25, -0.2) is 0 Å². The maximum Gasteiger partial charge on any atom is 0.172 e. The number of Topliss-reactive ketones (excluding diaryl/α,β-unsaturated/α-hetero) is 1. The third kappa shape index (κ3) is 3.21. The highest BCUT2D eigenvalue weighted by molar-refractivity contribution is 7.12. The topological polar surface area (TPSA) is 20.3 Å². The average molecular weight is 265 g/mol. The van der Waals surface area contributed by atoms with E-state index >= 15 is 0 Å². The molecule has 0 aromatic carbocycles. The van der Waals surface area contributed by atoms with Gasteiger partial charge in [0.15, 0.2) is 5.78 Å². The molecule has 0 amide bonds. The molecule has 0 saturated carbocycles. The second-order valence-electron chi connectivity index (χ2n) is 5.23. The Morgan fingerprint density at radius 2 is 2.33 bits per heavy atom. The van der Waals surface area contributed by atoms with Gasteiger partial charge in [-0.1, -0.05) is 13.0 Å². The van der Waals surface area contributed by atoms with Crippen LogP contribution in [0.4, 0.5) is 0 Å². The van der Waals surface area contributed by atoms with Gasteiger partial charge in [-0.15, -0.1) is 11.3 Å². The summed E-state index contributed by atoms with van der Waals surface area (Å²) in [6.45, 7) is 5.67. The summed E-state index contributed by atoms with van der Waals surface area (Å²) in [5.74, 6) is 0.310. The Hall–Kier alpha value is -0.670. The molecule has 2 nitrogen and oxygen atoms in total. The molecule has 1 aromatic heterocycles. The number of nitrogens with zero attached hydrogens (tertiary/aromatic N) is 1. The van der Waals surface area contributed by atoms with Crippen molar-refractivity contribution in [2.24, 2.45) is 0 Å². The van der Waals surface area contributed by atoms with E-state index < -0.39 is 0 Å². The van der Waals surface area contributed by atoms with Crippen molar-refractivity contribution in [1.29, 1.82) is 0 Å². The van der Waals surface area contributed by atoms with E-state index in [1.165, 1.54) is 19.3 Å². The molecule has 0 N–H and O–H groups in total. The van der Waals surface area contributed by atoms with Crippen molar-refractivity contribution in [1.82, 2.24) is 4.90 Å². The van der Waals surface area contributed by atoms with Crippen LogP contribution in [-0.4, -0.2) is 29.3 Å². The largest absolute Gasteiger partial charge is 0.298 e. The van der Waals surface area contributed by atoms with Crippen LogP contribution in [0.15, 0.2) is 17.5 Å². The Morgan fingerprint density at radius 1 is 1.50 bits per heavy atom. The summed E-state index contributed by atoms with van der Waals surface area (Å²) in [5.41, 5.74) is 0. The molecule has 0 bridgehead atoms. The predicted molar refractivity (Wildman–Crippen MR) is 77.4 cm³/mol. The number of carbonyl (C=O) groups is 1. The van der Waals surface area contributed by atoms with Crippen molar-refractivity contribution >= 4 is 17.1 Å². The SMILES string of the molecule is CCC1CCC(C)N1CCCC(=O)c1cccs1. The van der Waals surface area contributed by atoms with Gasteiger partial charge in [0.1, 0.15) is 0 Å². The Labute approximate surface area is 114 Å². The van der Waals surface area contributed by atoms with Gasteiger partial charge in [0.2, 0.25) is 0 Å². The second-order valence-corrected chi connectivity index (χ2v) is 6.18. The third-order valence-corrected chi connectivity index (χ3v) is 4.95. The fraction of sp³-hybridized carbons (Fsp3) is 0.667. The van der Waals surface area contributed by atoms with E-state index in [1.807, 2.05) is 17.5 Å². The summed E-state index contributed by atoms with van der Waals surface area (Å²) in [5, 5.41) is 1.98. The minimum atomic E-state index is 0.310. The third-order valence-electron chi connectivity index (χ3n) is 4.04. The number of thiophene rings is 1. The average Bonchev–Trinajstić information content (AvgIpc) is 3.00. The molecule has 100 valence electrons. The number of likely N-dealkylation sites (tertiary alicyclic amines) is 1. The summed E-state index contributed by atoms with van der Waals surface area (Å²) in [6, 6.07) is 5.33. The lowest BCUT2D eigenvalue weighted by atomic mass is 10.1. The van der Waals surface area contributed by atoms with Gasteiger partial charge in [0.25, 0.3) is 0 Å². The molecule has 1 aliphatic rings. The van der Waals surface area contributed by atoms with Gasteiger partial charge in [0.05, 0.1) is 4.88 Å². The minimum absolute atomic E-state index is 0.310. The molecule has 0 spiro atoms. The molecule has 1 saturated heterocycles. The van der Waals surface area contributed by atoms with Crippen molar-refractivity contribution in [3.63, 3.8) is 0 Å². The molecular formula is C15H23NOS. The number of rotatable bonds is 6. The Morgan fingerprint density at radius 3 is 3.00 bits per heavy atom. The van der Waals surface area contributed by atoms with Crippen LogP contribution >= 0.6 is 11.3 Å².